The molecule has 4 rings (SSSR count). The van der Waals surface area contributed by atoms with Crippen molar-refractivity contribution < 1.29 is 14.4 Å². The van der Waals surface area contributed by atoms with Crippen LogP contribution in [0.15, 0.2) is 48.8 Å². The number of anilines is 1. The second-order valence-corrected chi connectivity index (χ2v) is 8.56. The highest BCUT2D eigenvalue weighted by Crippen LogP contribution is 2.16. The van der Waals surface area contributed by atoms with Gasteiger partial charge in [-0.25, -0.2) is 15.3 Å². The molecule has 2 fully saturated rings. The van der Waals surface area contributed by atoms with E-state index in [4.69, 9.17) is 9.57 Å². The van der Waals surface area contributed by atoms with E-state index in [0.717, 1.165) is 57.6 Å². The van der Waals surface area contributed by atoms with Gasteiger partial charge in [0.05, 0.1) is 18.1 Å². The van der Waals surface area contributed by atoms with Crippen molar-refractivity contribution in [3.63, 3.8) is 0 Å². The molecule has 0 saturated carbocycles. The van der Waals surface area contributed by atoms with Gasteiger partial charge in [-0.15, -0.1) is 0 Å². The van der Waals surface area contributed by atoms with E-state index in [1.807, 2.05) is 0 Å². The Morgan fingerprint density at radius 3 is 2.85 bits per heavy atom. The van der Waals surface area contributed by atoms with E-state index in [2.05, 4.69) is 56.0 Å². The van der Waals surface area contributed by atoms with Gasteiger partial charge in [-0.2, -0.15) is 0 Å². The maximum absolute atomic E-state index is 11.9. The van der Waals surface area contributed by atoms with Crippen LogP contribution >= 0.6 is 0 Å². The van der Waals surface area contributed by atoms with Crippen molar-refractivity contribution >= 4 is 17.8 Å². The molecule has 2 aromatic rings. The molecule has 1 aromatic carbocycles. The Balaban J connectivity index is 1.19. The molecular formula is C25H33N5O3. The fraction of sp³-hybridized carbons (Fsp3) is 0.480. The number of rotatable bonds is 9. The summed E-state index contributed by atoms with van der Waals surface area (Å²) in [6.07, 6.45) is 12.2. The number of likely N-dealkylation sites (tertiary alicyclic amines) is 1. The van der Waals surface area contributed by atoms with E-state index in [1.54, 1.807) is 18.5 Å². The lowest BCUT2D eigenvalue weighted by atomic mass is 10.0. The predicted octanol–water partition coefficient (Wildman–Crippen LogP) is 3.18. The second kappa shape index (κ2) is 12.4. The van der Waals surface area contributed by atoms with Crippen LogP contribution in [-0.2, 0) is 20.8 Å². The van der Waals surface area contributed by atoms with Gasteiger partial charge in [0, 0.05) is 38.2 Å². The highest BCUT2D eigenvalue weighted by molar-refractivity contribution is 5.90. The third kappa shape index (κ3) is 7.92. The van der Waals surface area contributed by atoms with Crippen LogP contribution in [0.4, 0.5) is 5.82 Å². The van der Waals surface area contributed by atoms with Crippen LogP contribution in [0.5, 0.6) is 0 Å². The molecule has 1 unspecified atom stereocenters. The first-order chi connectivity index (χ1) is 16.2. The zero-order valence-corrected chi connectivity index (χ0v) is 19.0. The number of ether oxygens (including phenoxy) is 1. The van der Waals surface area contributed by atoms with Crippen LogP contribution in [0.2, 0.25) is 0 Å². The summed E-state index contributed by atoms with van der Waals surface area (Å²) in [4.78, 5) is 28.5. The van der Waals surface area contributed by atoms with Crippen molar-refractivity contribution in [3.05, 3.63) is 60.1 Å². The average molecular weight is 452 g/mol. The third-order valence-corrected chi connectivity index (χ3v) is 5.92. The van der Waals surface area contributed by atoms with E-state index in [0.29, 0.717) is 18.3 Å². The molecule has 1 amide bonds. The fourth-order valence-electron chi connectivity index (χ4n) is 4.14. The summed E-state index contributed by atoms with van der Waals surface area (Å²) in [7, 11) is 0. The first-order valence-electron chi connectivity index (χ1n) is 11.8. The van der Waals surface area contributed by atoms with Crippen molar-refractivity contribution in [2.75, 3.05) is 31.6 Å². The molecule has 0 spiro atoms. The second-order valence-electron chi connectivity index (χ2n) is 8.56. The zero-order chi connectivity index (χ0) is 22.7. The molecule has 0 bridgehead atoms. The van der Waals surface area contributed by atoms with Gasteiger partial charge in [-0.05, 0) is 50.3 Å². The number of carbonyl (C=O) groups excluding carboxylic acids is 1. The van der Waals surface area contributed by atoms with E-state index in [9.17, 15) is 4.79 Å². The summed E-state index contributed by atoms with van der Waals surface area (Å²) in [5.41, 5.74) is 4.39. The van der Waals surface area contributed by atoms with E-state index in [-0.39, 0.29) is 12.2 Å². The Morgan fingerprint density at radius 1 is 1.15 bits per heavy atom. The lowest BCUT2D eigenvalue weighted by Crippen LogP contribution is -2.43. The molecule has 1 aromatic heterocycles. The van der Waals surface area contributed by atoms with Crippen LogP contribution in [0.25, 0.3) is 6.08 Å². The monoisotopic (exact) mass is 451 g/mol. The Morgan fingerprint density at radius 2 is 2.06 bits per heavy atom. The standard InChI is InChI=1S/C25H33N5O3/c31-24(29-33-25-10-4-5-16-32-25)12-11-21-17-27-23(18-26-21)28-22-9-6-14-30(19-22)15-13-20-7-2-1-3-8-20/h1-3,7-8,11-12,17-18,22,25H,4-6,9-10,13-16,19H2,(H,27,28)(H,29,31)/t22-,25?/m1/s1. The summed E-state index contributed by atoms with van der Waals surface area (Å²) < 4.78 is 5.41. The average Bonchev–Trinajstić information content (AvgIpc) is 2.87. The lowest BCUT2D eigenvalue weighted by Gasteiger charge is -2.33. The quantitative estimate of drug-likeness (QED) is 0.447. The van der Waals surface area contributed by atoms with E-state index >= 15 is 0 Å². The van der Waals surface area contributed by atoms with E-state index in [1.165, 1.54) is 18.1 Å². The minimum Gasteiger partial charge on any atom is -0.365 e. The summed E-state index contributed by atoms with van der Waals surface area (Å²) in [6.45, 7) is 3.87. The highest BCUT2D eigenvalue weighted by Gasteiger charge is 2.20. The maximum atomic E-state index is 11.9. The van der Waals surface area contributed by atoms with Gasteiger partial charge in [0.25, 0.3) is 5.91 Å². The SMILES string of the molecule is O=C(C=Cc1cnc(N[C@@H]2CCCN(CCc3ccccc3)C2)cn1)NOC1CCCCO1. The number of hydroxylamine groups is 1. The van der Waals surface area contributed by atoms with Crippen molar-refractivity contribution in [2.45, 2.75) is 50.9 Å². The minimum atomic E-state index is -0.365. The van der Waals surface area contributed by atoms with Gasteiger partial charge >= 0.3 is 0 Å². The molecule has 0 aliphatic carbocycles. The highest BCUT2D eigenvalue weighted by atomic mass is 16.8. The van der Waals surface area contributed by atoms with E-state index < -0.39 is 0 Å². The van der Waals surface area contributed by atoms with Crippen molar-refractivity contribution in [3.8, 4) is 0 Å². The Bertz CT molecular complexity index is 885. The number of carbonyl (C=O) groups is 1. The first-order valence-corrected chi connectivity index (χ1v) is 11.8. The summed E-state index contributed by atoms with van der Waals surface area (Å²) >= 11 is 0. The van der Waals surface area contributed by atoms with Gasteiger partial charge in [-0.3, -0.25) is 9.78 Å². The van der Waals surface area contributed by atoms with Crippen molar-refractivity contribution in [1.29, 1.82) is 0 Å². The molecule has 2 N–H and O–H groups in total. The van der Waals surface area contributed by atoms with Crippen LogP contribution < -0.4 is 10.8 Å². The van der Waals surface area contributed by atoms with Crippen LogP contribution in [0.1, 0.15) is 43.4 Å². The predicted molar refractivity (Wildman–Crippen MR) is 127 cm³/mol. The zero-order valence-electron chi connectivity index (χ0n) is 19.0. The van der Waals surface area contributed by atoms with Crippen molar-refractivity contribution in [2.24, 2.45) is 0 Å². The Kier molecular flexibility index (Phi) is 8.80. The number of hydrogen-bond acceptors (Lipinski definition) is 7. The molecule has 0 radical (unpaired) electrons. The number of nitrogens with one attached hydrogen (secondary N) is 2. The molecule has 8 heteroatoms. The summed E-state index contributed by atoms with van der Waals surface area (Å²) in [6, 6.07) is 11.0. The normalized spacial score (nSPS) is 21.7. The largest absolute Gasteiger partial charge is 0.365 e. The Labute approximate surface area is 195 Å². The summed E-state index contributed by atoms with van der Waals surface area (Å²) in [5, 5.41) is 3.51. The van der Waals surface area contributed by atoms with Gasteiger partial charge in [0.15, 0.2) is 6.29 Å². The number of nitrogens with zero attached hydrogens (tertiary/aromatic N) is 3. The number of piperidine rings is 1. The van der Waals surface area contributed by atoms with Gasteiger partial charge < -0.3 is 15.0 Å². The van der Waals surface area contributed by atoms with Crippen LogP contribution in [0.3, 0.4) is 0 Å². The number of hydrogen-bond donors (Lipinski definition) is 2. The third-order valence-electron chi connectivity index (χ3n) is 5.92. The molecule has 2 aliphatic heterocycles. The van der Waals surface area contributed by atoms with Crippen molar-refractivity contribution in [1.82, 2.24) is 20.3 Å². The first kappa shape index (κ1) is 23.4. The Hall–Kier alpha value is -2.81. The maximum Gasteiger partial charge on any atom is 0.267 e. The molecule has 2 atom stereocenters. The number of benzene rings is 1. The topological polar surface area (TPSA) is 88.6 Å². The molecule has 33 heavy (non-hydrogen) atoms. The molecule has 2 saturated heterocycles. The summed E-state index contributed by atoms with van der Waals surface area (Å²) in [5.74, 6) is 0.398. The molecule has 2 aliphatic rings. The van der Waals surface area contributed by atoms with Crippen LogP contribution in [0, 0.1) is 0 Å². The number of aromatic nitrogens is 2. The molecular weight excluding hydrogens is 418 g/mol. The number of amides is 1. The molecule has 176 valence electrons. The van der Waals surface area contributed by atoms with Crippen LogP contribution in [-0.4, -0.2) is 59.3 Å². The molecule has 8 nitrogen and oxygen atoms in total. The fourth-order valence-corrected chi connectivity index (χ4v) is 4.14. The van der Waals surface area contributed by atoms with Gasteiger partial charge in [0.1, 0.15) is 5.82 Å². The smallest absolute Gasteiger partial charge is 0.267 e. The molecule has 3 heterocycles. The lowest BCUT2D eigenvalue weighted by molar-refractivity contribution is -0.198. The van der Waals surface area contributed by atoms with Gasteiger partial charge in [0.2, 0.25) is 0 Å². The van der Waals surface area contributed by atoms with Gasteiger partial charge in [-0.1, -0.05) is 30.3 Å². The minimum absolute atomic E-state index is 0.356.